The van der Waals surface area contributed by atoms with Crippen molar-refractivity contribution < 1.29 is 13.9 Å². The van der Waals surface area contributed by atoms with E-state index in [0.29, 0.717) is 10.2 Å². The fraction of sp³-hybridized carbons (Fsp3) is 0.333. The average Bonchev–Trinajstić information content (AvgIpc) is 2.67. The Morgan fingerprint density at radius 1 is 1.30 bits per heavy atom. The lowest BCUT2D eigenvalue weighted by Gasteiger charge is -2.21. The fourth-order valence-corrected chi connectivity index (χ4v) is 3.52. The normalized spacial score (nSPS) is 18.1. The number of rotatable bonds is 1. The lowest BCUT2D eigenvalue weighted by atomic mass is 9.95. The molecule has 0 saturated heterocycles. The highest BCUT2D eigenvalue weighted by Crippen LogP contribution is 2.36. The Morgan fingerprint density at radius 2 is 2.05 bits per heavy atom. The van der Waals surface area contributed by atoms with Crippen molar-refractivity contribution in [3.8, 4) is 5.69 Å². The van der Waals surface area contributed by atoms with Gasteiger partial charge in [0.2, 0.25) is 0 Å². The molecular weight excluding hydrogens is 328 g/mol. The summed E-state index contributed by atoms with van der Waals surface area (Å²) in [5.74, 6) is -1.23. The molecule has 2 nitrogen and oxygen atoms in total. The molecule has 5 heteroatoms. The van der Waals surface area contributed by atoms with Crippen LogP contribution in [-0.2, 0) is 6.42 Å². The highest BCUT2D eigenvalue weighted by atomic mass is 79.9. The third-order valence-electron chi connectivity index (χ3n) is 3.78. The number of nitrogens with zero attached hydrogens (tertiary/aromatic N) is 1. The Bertz CT molecular complexity index is 658. The van der Waals surface area contributed by atoms with Gasteiger partial charge in [-0.15, -0.1) is 0 Å². The second-order valence-electron chi connectivity index (χ2n) is 5.15. The van der Waals surface area contributed by atoms with Gasteiger partial charge in [-0.1, -0.05) is 0 Å². The van der Waals surface area contributed by atoms with Crippen LogP contribution < -0.4 is 0 Å². The van der Waals surface area contributed by atoms with Crippen molar-refractivity contribution in [3.05, 3.63) is 51.3 Å². The summed E-state index contributed by atoms with van der Waals surface area (Å²) in [4.78, 5) is 0. The topological polar surface area (TPSA) is 25.2 Å². The van der Waals surface area contributed by atoms with Gasteiger partial charge in [-0.25, -0.2) is 8.78 Å². The quantitative estimate of drug-likeness (QED) is 0.826. The van der Waals surface area contributed by atoms with Crippen LogP contribution in [0.15, 0.2) is 22.7 Å². The molecule has 106 valence electrons. The standard InChI is InChI=1S/C15H14BrF2NO/c1-8-5-10-13(3-2-4-14(10)20)19(8)15-11(16)6-9(17)7-12(15)18/h5-7,14,20H,2-4H2,1H3. The first kappa shape index (κ1) is 13.8. The van der Waals surface area contributed by atoms with E-state index in [-0.39, 0.29) is 0 Å². The summed E-state index contributed by atoms with van der Waals surface area (Å²) < 4.78 is 29.5. The Labute approximate surface area is 124 Å². The maximum atomic E-state index is 14.2. The second-order valence-corrected chi connectivity index (χ2v) is 6.00. The van der Waals surface area contributed by atoms with Gasteiger partial charge in [0.25, 0.3) is 0 Å². The summed E-state index contributed by atoms with van der Waals surface area (Å²) in [6.07, 6.45) is 1.87. The molecule has 1 aliphatic carbocycles. The van der Waals surface area contributed by atoms with Gasteiger partial charge < -0.3 is 9.67 Å². The first-order valence-electron chi connectivity index (χ1n) is 6.53. The van der Waals surface area contributed by atoms with E-state index >= 15 is 0 Å². The summed E-state index contributed by atoms with van der Waals surface area (Å²) in [5, 5.41) is 10.0. The number of aliphatic hydroxyl groups excluding tert-OH is 1. The highest BCUT2D eigenvalue weighted by Gasteiger charge is 2.25. The van der Waals surface area contributed by atoms with E-state index in [9.17, 15) is 13.9 Å². The molecule has 20 heavy (non-hydrogen) atoms. The van der Waals surface area contributed by atoms with Gasteiger partial charge in [0.1, 0.15) is 5.82 Å². The van der Waals surface area contributed by atoms with Crippen LogP contribution in [0.3, 0.4) is 0 Å². The zero-order valence-corrected chi connectivity index (χ0v) is 12.5. The number of hydrogen-bond donors (Lipinski definition) is 1. The first-order valence-corrected chi connectivity index (χ1v) is 7.32. The van der Waals surface area contributed by atoms with Crippen molar-refractivity contribution in [3.63, 3.8) is 0 Å². The van der Waals surface area contributed by atoms with E-state index in [4.69, 9.17) is 0 Å². The van der Waals surface area contributed by atoms with Crippen molar-refractivity contribution in [1.82, 2.24) is 4.57 Å². The van der Waals surface area contributed by atoms with Crippen LogP contribution in [0.25, 0.3) is 5.69 Å². The van der Waals surface area contributed by atoms with Gasteiger partial charge in [-0.2, -0.15) is 0 Å². The molecule has 3 rings (SSSR count). The minimum absolute atomic E-state index is 0.305. The van der Waals surface area contributed by atoms with E-state index in [2.05, 4.69) is 15.9 Å². The van der Waals surface area contributed by atoms with E-state index in [0.717, 1.165) is 42.3 Å². The highest BCUT2D eigenvalue weighted by molar-refractivity contribution is 9.10. The van der Waals surface area contributed by atoms with Crippen molar-refractivity contribution in [2.24, 2.45) is 0 Å². The Balaban J connectivity index is 2.26. The van der Waals surface area contributed by atoms with Crippen LogP contribution in [0.5, 0.6) is 0 Å². The number of halogens is 3. The third kappa shape index (κ3) is 2.09. The second kappa shape index (κ2) is 4.97. The minimum Gasteiger partial charge on any atom is -0.388 e. The molecule has 1 N–H and O–H groups in total. The Hall–Kier alpha value is -1.20. The summed E-state index contributed by atoms with van der Waals surface area (Å²) in [6.45, 7) is 1.86. The Kier molecular flexibility index (Phi) is 3.42. The maximum absolute atomic E-state index is 14.2. The first-order chi connectivity index (χ1) is 9.49. The predicted octanol–water partition coefficient (Wildman–Crippen LogP) is 4.20. The fourth-order valence-electron chi connectivity index (χ4n) is 2.94. The van der Waals surface area contributed by atoms with Crippen molar-refractivity contribution >= 4 is 15.9 Å². The molecule has 0 fully saturated rings. The smallest absolute Gasteiger partial charge is 0.151 e. The molecule has 2 aromatic rings. The largest absolute Gasteiger partial charge is 0.388 e. The van der Waals surface area contributed by atoms with Crippen LogP contribution in [0.2, 0.25) is 0 Å². The Morgan fingerprint density at radius 3 is 2.75 bits per heavy atom. The SMILES string of the molecule is Cc1cc2c(n1-c1c(F)cc(F)cc1Br)CCCC2O. The molecule has 1 aromatic carbocycles. The number of aryl methyl sites for hydroxylation is 1. The number of aromatic nitrogens is 1. The summed E-state index contributed by atoms with van der Waals surface area (Å²) in [7, 11) is 0. The van der Waals surface area contributed by atoms with Gasteiger partial charge in [0.05, 0.1) is 11.8 Å². The van der Waals surface area contributed by atoms with Gasteiger partial charge >= 0.3 is 0 Å². The van der Waals surface area contributed by atoms with Crippen molar-refractivity contribution in [1.29, 1.82) is 0 Å². The van der Waals surface area contributed by atoms with Crippen molar-refractivity contribution in [2.75, 3.05) is 0 Å². The molecule has 1 unspecified atom stereocenters. The molecule has 1 aromatic heterocycles. The monoisotopic (exact) mass is 341 g/mol. The molecule has 1 heterocycles. The molecule has 1 aliphatic rings. The van der Waals surface area contributed by atoms with Gasteiger partial charge in [-0.3, -0.25) is 0 Å². The molecule has 0 radical (unpaired) electrons. The number of fused-ring (bicyclic) bond motifs is 1. The molecule has 1 atom stereocenters. The summed E-state index contributed by atoms with van der Waals surface area (Å²) >= 11 is 3.23. The van der Waals surface area contributed by atoms with Crippen molar-refractivity contribution in [2.45, 2.75) is 32.3 Å². The van der Waals surface area contributed by atoms with Gasteiger partial charge in [-0.05, 0) is 54.2 Å². The molecule has 0 amide bonds. The van der Waals surface area contributed by atoms with E-state index in [1.165, 1.54) is 6.07 Å². The number of benzene rings is 1. The summed E-state index contributed by atoms with van der Waals surface area (Å²) in [5.41, 5.74) is 2.90. The van der Waals surface area contributed by atoms with Crippen LogP contribution in [0.1, 0.15) is 35.9 Å². The average molecular weight is 342 g/mol. The molecule has 0 aliphatic heterocycles. The van der Waals surface area contributed by atoms with Crippen LogP contribution >= 0.6 is 15.9 Å². The van der Waals surface area contributed by atoms with Gasteiger partial charge in [0, 0.05) is 27.5 Å². The third-order valence-corrected chi connectivity index (χ3v) is 4.38. The maximum Gasteiger partial charge on any atom is 0.151 e. The van der Waals surface area contributed by atoms with E-state index in [1.807, 2.05) is 13.0 Å². The molecule has 0 saturated carbocycles. The van der Waals surface area contributed by atoms with E-state index < -0.39 is 17.7 Å². The number of hydrogen-bond acceptors (Lipinski definition) is 1. The van der Waals surface area contributed by atoms with Crippen LogP contribution in [0.4, 0.5) is 8.78 Å². The lowest BCUT2D eigenvalue weighted by molar-refractivity contribution is 0.156. The van der Waals surface area contributed by atoms with E-state index in [1.54, 1.807) is 4.57 Å². The van der Waals surface area contributed by atoms with Crippen LogP contribution in [0, 0.1) is 18.6 Å². The zero-order chi connectivity index (χ0) is 14.4. The van der Waals surface area contributed by atoms with Crippen LogP contribution in [-0.4, -0.2) is 9.67 Å². The molecule has 0 spiro atoms. The molecule has 0 bridgehead atoms. The summed E-state index contributed by atoms with van der Waals surface area (Å²) in [6, 6.07) is 4.02. The predicted molar refractivity (Wildman–Crippen MR) is 76.0 cm³/mol. The van der Waals surface area contributed by atoms with Gasteiger partial charge in [0.15, 0.2) is 5.82 Å². The lowest BCUT2D eigenvalue weighted by Crippen LogP contribution is -2.13. The number of aliphatic hydroxyl groups is 1. The molecular formula is C15H14BrF2NO. The zero-order valence-electron chi connectivity index (χ0n) is 11.0. The minimum atomic E-state index is -0.614.